The van der Waals surface area contributed by atoms with Gasteiger partial charge in [-0.1, -0.05) is 29.8 Å². The molecule has 14 heavy (non-hydrogen) atoms. The highest BCUT2D eigenvalue weighted by Gasteiger charge is 2.26. The highest BCUT2D eigenvalue weighted by atomic mass is 79.9. The molecule has 1 unspecified atom stereocenters. The smallest absolute Gasteiger partial charge is 0.322 e. The van der Waals surface area contributed by atoms with E-state index < -0.39 is 4.32 Å². The highest BCUT2D eigenvalue weighted by Crippen LogP contribution is 2.19. The van der Waals surface area contributed by atoms with Gasteiger partial charge in [0.15, 0.2) is 0 Å². The van der Waals surface area contributed by atoms with Crippen LogP contribution >= 0.6 is 15.9 Å². The molecular formula is C10H19BrO3. The summed E-state index contributed by atoms with van der Waals surface area (Å²) in [5.74, 6) is 0.0386. The Bertz CT molecular complexity index is 184. The third kappa shape index (κ3) is 4.96. The van der Waals surface area contributed by atoms with E-state index in [0.717, 1.165) is 0 Å². The first-order valence-electron chi connectivity index (χ1n) is 4.76. The number of hydrogen-bond donors (Lipinski definition) is 1. The molecule has 0 aliphatic rings. The average molecular weight is 267 g/mol. The normalized spacial score (nSPS) is 14.2. The molecule has 0 aliphatic heterocycles. The second-order valence-corrected chi connectivity index (χ2v) is 6.24. The molecule has 0 amide bonds. The van der Waals surface area contributed by atoms with E-state index in [-0.39, 0.29) is 25.1 Å². The van der Waals surface area contributed by atoms with E-state index in [1.165, 1.54) is 0 Å². The number of aliphatic hydroxyl groups is 1. The molecule has 1 atom stereocenters. The van der Waals surface area contributed by atoms with Crippen LogP contribution in [-0.4, -0.2) is 28.6 Å². The SMILES string of the molecule is CC(C)C(CO)COC(=O)C(C)(C)Br. The molecule has 0 aromatic heterocycles. The third-order valence-electron chi connectivity index (χ3n) is 2.09. The lowest BCUT2D eigenvalue weighted by atomic mass is 9.98. The summed E-state index contributed by atoms with van der Waals surface area (Å²) in [7, 11) is 0. The molecule has 0 aromatic rings. The molecule has 84 valence electrons. The molecule has 0 radical (unpaired) electrons. The van der Waals surface area contributed by atoms with Crippen molar-refractivity contribution in [2.45, 2.75) is 32.0 Å². The summed E-state index contributed by atoms with van der Waals surface area (Å²) >= 11 is 3.22. The number of rotatable bonds is 5. The zero-order chi connectivity index (χ0) is 11.4. The summed E-state index contributed by atoms with van der Waals surface area (Å²) in [6.07, 6.45) is 0. The third-order valence-corrected chi connectivity index (χ3v) is 2.41. The van der Waals surface area contributed by atoms with Crippen molar-refractivity contribution in [1.82, 2.24) is 0 Å². The van der Waals surface area contributed by atoms with Crippen LogP contribution in [0.3, 0.4) is 0 Å². The molecule has 0 spiro atoms. The van der Waals surface area contributed by atoms with Crippen LogP contribution in [0.25, 0.3) is 0 Å². The first-order valence-corrected chi connectivity index (χ1v) is 5.55. The topological polar surface area (TPSA) is 46.5 Å². The summed E-state index contributed by atoms with van der Waals surface area (Å²) in [4.78, 5) is 11.4. The van der Waals surface area contributed by atoms with Crippen molar-refractivity contribution < 1.29 is 14.6 Å². The minimum atomic E-state index is -0.649. The fourth-order valence-electron chi connectivity index (χ4n) is 0.810. The van der Waals surface area contributed by atoms with E-state index in [9.17, 15) is 4.79 Å². The van der Waals surface area contributed by atoms with Gasteiger partial charge < -0.3 is 9.84 Å². The Morgan fingerprint density at radius 3 is 2.29 bits per heavy atom. The van der Waals surface area contributed by atoms with Gasteiger partial charge in [-0.25, -0.2) is 0 Å². The van der Waals surface area contributed by atoms with Gasteiger partial charge in [0.2, 0.25) is 0 Å². The van der Waals surface area contributed by atoms with Crippen LogP contribution in [0.4, 0.5) is 0 Å². The highest BCUT2D eigenvalue weighted by molar-refractivity contribution is 9.10. The van der Waals surface area contributed by atoms with Crippen LogP contribution < -0.4 is 0 Å². The standard InChI is InChI=1S/C10H19BrO3/c1-7(2)8(5-12)6-14-9(13)10(3,4)11/h7-8,12H,5-6H2,1-4H3. The quantitative estimate of drug-likeness (QED) is 0.612. The van der Waals surface area contributed by atoms with Crippen LogP contribution in [-0.2, 0) is 9.53 Å². The van der Waals surface area contributed by atoms with E-state index in [1.807, 2.05) is 13.8 Å². The number of ether oxygens (including phenoxy) is 1. The molecule has 0 fully saturated rings. The fraction of sp³-hybridized carbons (Fsp3) is 0.900. The molecule has 0 heterocycles. The number of carbonyl (C=O) groups excluding carboxylic acids is 1. The molecule has 0 saturated heterocycles. The molecule has 0 rings (SSSR count). The summed E-state index contributed by atoms with van der Waals surface area (Å²) in [6, 6.07) is 0. The van der Waals surface area contributed by atoms with E-state index in [4.69, 9.17) is 9.84 Å². The lowest BCUT2D eigenvalue weighted by molar-refractivity contribution is -0.147. The van der Waals surface area contributed by atoms with Gasteiger partial charge in [0.1, 0.15) is 4.32 Å². The van der Waals surface area contributed by atoms with Crippen molar-refractivity contribution in [3.63, 3.8) is 0 Å². The lowest BCUT2D eigenvalue weighted by Gasteiger charge is -2.21. The van der Waals surface area contributed by atoms with Crippen LogP contribution in [0.2, 0.25) is 0 Å². The predicted molar refractivity (Wildman–Crippen MR) is 59.4 cm³/mol. The van der Waals surface area contributed by atoms with Gasteiger partial charge in [0, 0.05) is 12.5 Å². The average Bonchev–Trinajstić information content (AvgIpc) is 2.02. The van der Waals surface area contributed by atoms with Crippen LogP contribution in [0.5, 0.6) is 0 Å². The van der Waals surface area contributed by atoms with E-state index in [2.05, 4.69) is 15.9 Å². The van der Waals surface area contributed by atoms with E-state index in [1.54, 1.807) is 13.8 Å². The molecule has 0 saturated carbocycles. The zero-order valence-corrected chi connectivity index (χ0v) is 10.8. The second kappa shape index (κ2) is 5.71. The van der Waals surface area contributed by atoms with Crippen molar-refractivity contribution in [2.24, 2.45) is 11.8 Å². The number of alkyl halides is 1. The lowest BCUT2D eigenvalue weighted by Crippen LogP contribution is -2.30. The minimum absolute atomic E-state index is 0.0220. The van der Waals surface area contributed by atoms with Gasteiger partial charge in [-0.3, -0.25) is 4.79 Å². The number of hydrogen-bond acceptors (Lipinski definition) is 3. The van der Waals surface area contributed by atoms with Gasteiger partial charge in [-0.2, -0.15) is 0 Å². The van der Waals surface area contributed by atoms with Gasteiger partial charge in [-0.05, 0) is 19.8 Å². The first kappa shape index (κ1) is 13.9. The van der Waals surface area contributed by atoms with E-state index in [0.29, 0.717) is 5.92 Å². The van der Waals surface area contributed by atoms with Gasteiger partial charge in [0.05, 0.1) is 6.61 Å². The van der Waals surface area contributed by atoms with Crippen molar-refractivity contribution in [3.05, 3.63) is 0 Å². The monoisotopic (exact) mass is 266 g/mol. The molecular weight excluding hydrogens is 248 g/mol. The second-order valence-electron chi connectivity index (χ2n) is 4.26. The molecule has 1 N–H and O–H groups in total. The molecule has 3 nitrogen and oxygen atoms in total. The summed E-state index contributed by atoms with van der Waals surface area (Å²) in [6.45, 7) is 7.79. The fourth-order valence-corrected chi connectivity index (χ4v) is 0.925. The summed E-state index contributed by atoms with van der Waals surface area (Å²) in [5, 5.41) is 9.01. The summed E-state index contributed by atoms with van der Waals surface area (Å²) in [5.41, 5.74) is 0. The minimum Gasteiger partial charge on any atom is -0.464 e. The van der Waals surface area contributed by atoms with Crippen molar-refractivity contribution >= 4 is 21.9 Å². The van der Waals surface area contributed by atoms with Crippen LogP contribution in [0, 0.1) is 11.8 Å². The number of aliphatic hydroxyl groups excluding tert-OH is 1. The summed E-state index contributed by atoms with van der Waals surface area (Å²) < 4.78 is 4.43. The number of halogens is 1. The maximum absolute atomic E-state index is 11.4. The van der Waals surface area contributed by atoms with Crippen LogP contribution in [0.1, 0.15) is 27.7 Å². The van der Waals surface area contributed by atoms with Crippen molar-refractivity contribution in [1.29, 1.82) is 0 Å². The Balaban J connectivity index is 3.99. The molecule has 0 bridgehead atoms. The maximum Gasteiger partial charge on any atom is 0.322 e. The Hall–Kier alpha value is -0.0900. The largest absolute Gasteiger partial charge is 0.464 e. The molecule has 0 aromatic carbocycles. The predicted octanol–water partition coefficient (Wildman–Crippen LogP) is 1.97. The zero-order valence-electron chi connectivity index (χ0n) is 9.21. The Morgan fingerprint density at radius 1 is 1.50 bits per heavy atom. The number of esters is 1. The Kier molecular flexibility index (Phi) is 5.67. The first-order chi connectivity index (χ1) is 6.29. The molecule has 0 aliphatic carbocycles. The molecule has 4 heteroatoms. The van der Waals surface area contributed by atoms with Gasteiger partial charge >= 0.3 is 5.97 Å². The van der Waals surface area contributed by atoms with Gasteiger partial charge in [0.25, 0.3) is 0 Å². The maximum atomic E-state index is 11.4. The van der Waals surface area contributed by atoms with Crippen molar-refractivity contribution in [2.75, 3.05) is 13.2 Å². The van der Waals surface area contributed by atoms with Crippen LogP contribution in [0.15, 0.2) is 0 Å². The van der Waals surface area contributed by atoms with Gasteiger partial charge in [-0.15, -0.1) is 0 Å². The number of carbonyl (C=O) groups is 1. The van der Waals surface area contributed by atoms with E-state index >= 15 is 0 Å². The Labute approximate surface area is 94.0 Å². The van der Waals surface area contributed by atoms with Crippen molar-refractivity contribution in [3.8, 4) is 0 Å². The Morgan fingerprint density at radius 2 is 2.00 bits per heavy atom.